The van der Waals surface area contributed by atoms with E-state index in [1.54, 1.807) is 31.2 Å². The number of benzene rings is 2. The van der Waals surface area contributed by atoms with Gasteiger partial charge in [0.2, 0.25) is 0 Å². The van der Waals surface area contributed by atoms with Crippen LogP contribution < -0.4 is 10.6 Å². The lowest BCUT2D eigenvalue weighted by atomic mass is 9.66. The molecule has 7 N–H and O–H groups in total. The number of carbonyl (C=O) groups is 2. The first-order valence-corrected chi connectivity index (χ1v) is 13.9. The smallest absolute Gasteiger partial charge is 0.490 e. The van der Waals surface area contributed by atoms with Gasteiger partial charge in [-0.2, -0.15) is 13.2 Å². The lowest BCUT2D eigenvalue weighted by Gasteiger charge is -2.39. The molecule has 41 heavy (non-hydrogen) atoms. The molecule has 222 valence electrons. The van der Waals surface area contributed by atoms with E-state index in [4.69, 9.17) is 15.3 Å². The zero-order chi connectivity index (χ0) is 30.9. The Labute approximate surface area is 236 Å². The van der Waals surface area contributed by atoms with Gasteiger partial charge in [-0.25, -0.2) is 4.79 Å². The van der Waals surface area contributed by atoms with E-state index in [0.29, 0.717) is 29.3 Å². The fraction of sp³-hybridized carbons (Fsp3) is 0.333. The van der Waals surface area contributed by atoms with Crippen LogP contribution in [0.2, 0.25) is 0 Å². The summed E-state index contributed by atoms with van der Waals surface area (Å²) in [4.78, 5) is 22.9. The molecule has 1 aliphatic heterocycles. The number of aliphatic hydroxyl groups excluding tert-OH is 1. The molecule has 14 heteroatoms. The number of ketones is 1. The number of Topliss-reactive ketones (excluding diaryl/α,β-unsaturated/α-hetero) is 1. The fourth-order valence-electron chi connectivity index (χ4n) is 4.44. The molecule has 0 unspecified atom stereocenters. The fourth-order valence-corrected chi connectivity index (χ4v) is 5.63. The summed E-state index contributed by atoms with van der Waals surface area (Å²) < 4.78 is 57.6. The molecule has 1 aliphatic carbocycles. The Bertz CT molecular complexity index is 1450. The highest BCUT2D eigenvalue weighted by Gasteiger charge is 2.46. The SMILES string of the molecule is CC(=N)Nc1ccc2c(c1)S(O)(O)N=C(C1=C(O)c3ccccc3[C@@](C)(CCC(C)C)C1=O)N2.O=C(O)C(F)(F)F. The van der Waals surface area contributed by atoms with Crippen molar-refractivity contribution in [3.05, 3.63) is 59.2 Å². The standard InChI is InChI=1S/C25H30N4O4S.C2HF3O2/c1-14(2)11-12-25(4)18-8-6-5-7-17(18)22(30)21(23(25)31)24-28-19-10-9-16(27-15(3)26)13-20(19)34(32,33)29-24;3-2(4,5)1(6)7/h5-10,13-14,30,32-33H,11-12H2,1-4H3,(H2,26,27)(H,28,29);(H,6,7)/t25-;/m1./s1. The monoisotopic (exact) mass is 596 g/mol. The number of carbonyl (C=O) groups excluding carboxylic acids is 1. The first-order valence-electron chi connectivity index (χ1n) is 12.4. The maximum Gasteiger partial charge on any atom is 0.490 e. The van der Waals surface area contributed by atoms with Gasteiger partial charge in [-0.05, 0) is 56.4 Å². The third-order valence-corrected chi connectivity index (χ3v) is 7.89. The van der Waals surface area contributed by atoms with E-state index in [1.165, 1.54) is 6.07 Å². The van der Waals surface area contributed by atoms with Gasteiger partial charge < -0.3 is 20.8 Å². The zero-order valence-corrected chi connectivity index (χ0v) is 23.4. The van der Waals surface area contributed by atoms with Crippen LogP contribution in [0.3, 0.4) is 0 Å². The number of anilines is 2. The quantitative estimate of drug-likeness (QED) is 0.145. The Kier molecular flexibility index (Phi) is 8.91. The van der Waals surface area contributed by atoms with Crippen LogP contribution in [0, 0.1) is 11.3 Å². The Morgan fingerprint density at radius 3 is 2.37 bits per heavy atom. The van der Waals surface area contributed by atoms with Crippen molar-refractivity contribution in [2.45, 2.75) is 57.0 Å². The number of carboxylic acid groups (broad SMARTS) is 1. The number of hydrogen-bond acceptors (Lipinski definition) is 8. The maximum atomic E-state index is 13.9. The first kappa shape index (κ1) is 31.6. The summed E-state index contributed by atoms with van der Waals surface area (Å²) in [7, 11) is -3.67. The van der Waals surface area contributed by atoms with E-state index in [0.717, 1.165) is 12.0 Å². The normalized spacial score (nSPS) is 20.0. The van der Waals surface area contributed by atoms with Crippen molar-refractivity contribution in [2.75, 3.05) is 10.6 Å². The molecule has 2 aromatic carbocycles. The average Bonchev–Trinajstić information content (AvgIpc) is 2.86. The van der Waals surface area contributed by atoms with E-state index in [9.17, 15) is 32.2 Å². The van der Waals surface area contributed by atoms with Gasteiger partial charge in [0, 0.05) is 11.3 Å². The zero-order valence-electron chi connectivity index (χ0n) is 22.6. The highest BCUT2D eigenvalue weighted by Crippen LogP contribution is 2.57. The molecule has 0 saturated heterocycles. The number of aliphatic hydroxyl groups is 1. The van der Waals surface area contributed by atoms with E-state index in [2.05, 4.69) is 28.9 Å². The number of hydrogen-bond donors (Lipinski definition) is 7. The molecular formula is C27H31F3N4O6S. The third-order valence-electron chi connectivity index (χ3n) is 6.52. The number of halogens is 3. The molecule has 1 heterocycles. The lowest BCUT2D eigenvalue weighted by Crippen LogP contribution is -2.42. The predicted molar refractivity (Wildman–Crippen MR) is 152 cm³/mol. The first-order chi connectivity index (χ1) is 18.9. The molecule has 0 spiro atoms. The second kappa shape index (κ2) is 11.5. The lowest BCUT2D eigenvalue weighted by molar-refractivity contribution is -0.192. The minimum absolute atomic E-state index is 0.0480. The van der Waals surface area contributed by atoms with E-state index >= 15 is 0 Å². The number of aliphatic carboxylic acids is 1. The van der Waals surface area contributed by atoms with E-state index in [-0.39, 0.29) is 33.7 Å². The van der Waals surface area contributed by atoms with Gasteiger partial charge >= 0.3 is 12.1 Å². The predicted octanol–water partition coefficient (Wildman–Crippen LogP) is 6.82. The molecule has 1 atom stereocenters. The van der Waals surface area contributed by atoms with Crippen LogP contribution in [-0.4, -0.2) is 48.9 Å². The number of nitrogens with zero attached hydrogens (tertiary/aromatic N) is 1. The molecule has 10 nitrogen and oxygen atoms in total. The molecule has 2 aliphatic rings. The van der Waals surface area contributed by atoms with Gasteiger partial charge in [0.15, 0.2) is 11.6 Å². The van der Waals surface area contributed by atoms with E-state index in [1.807, 2.05) is 19.1 Å². The van der Waals surface area contributed by atoms with Crippen molar-refractivity contribution in [2.24, 2.45) is 10.3 Å². The van der Waals surface area contributed by atoms with Crippen LogP contribution in [0.4, 0.5) is 24.5 Å². The highest BCUT2D eigenvalue weighted by molar-refractivity contribution is 8.23. The summed E-state index contributed by atoms with van der Waals surface area (Å²) in [6.45, 7) is 7.64. The van der Waals surface area contributed by atoms with Gasteiger partial charge in [-0.15, -0.1) is 4.40 Å². The summed E-state index contributed by atoms with van der Waals surface area (Å²) >= 11 is 0. The van der Waals surface area contributed by atoms with Crippen LogP contribution in [0.15, 0.2) is 57.3 Å². The van der Waals surface area contributed by atoms with Crippen LogP contribution in [0.5, 0.6) is 0 Å². The number of amidine groups is 2. The molecule has 0 bridgehead atoms. The molecule has 0 saturated carbocycles. The van der Waals surface area contributed by atoms with Crippen molar-refractivity contribution >= 4 is 51.3 Å². The molecular weight excluding hydrogens is 565 g/mol. The van der Waals surface area contributed by atoms with Crippen molar-refractivity contribution in [3.8, 4) is 0 Å². The Hall–Kier alpha value is -3.88. The van der Waals surface area contributed by atoms with Crippen molar-refractivity contribution in [1.29, 1.82) is 5.41 Å². The van der Waals surface area contributed by atoms with Gasteiger partial charge in [0.05, 0.1) is 16.9 Å². The largest absolute Gasteiger partial charge is 0.506 e. The maximum absolute atomic E-state index is 13.9. The van der Waals surface area contributed by atoms with Crippen LogP contribution in [0.1, 0.15) is 51.7 Å². The minimum atomic E-state index is -5.08. The molecule has 0 radical (unpaired) electrons. The average molecular weight is 597 g/mol. The van der Waals surface area contributed by atoms with Crippen LogP contribution in [-0.2, 0) is 15.0 Å². The highest BCUT2D eigenvalue weighted by atomic mass is 32.3. The number of alkyl halides is 3. The van der Waals surface area contributed by atoms with Gasteiger partial charge in [0.1, 0.15) is 16.2 Å². The van der Waals surface area contributed by atoms with Gasteiger partial charge in [-0.3, -0.25) is 19.3 Å². The second-order valence-electron chi connectivity index (χ2n) is 10.2. The number of fused-ring (bicyclic) bond motifs is 2. The number of nitrogens with one attached hydrogen (secondary N) is 3. The molecule has 0 amide bonds. The summed E-state index contributed by atoms with van der Waals surface area (Å²) in [5, 5.41) is 31.7. The number of rotatable bonds is 5. The van der Waals surface area contributed by atoms with Gasteiger partial charge in [-0.1, -0.05) is 48.9 Å². The van der Waals surface area contributed by atoms with Crippen molar-refractivity contribution in [1.82, 2.24) is 0 Å². The molecule has 0 fully saturated rings. The second-order valence-corrected chi connectivity index (χ2v) is 11.9. The summed E-state index contributed by atoms with van der Waals surface area (Å²) in [6, 6.07) is 12.1. The minimum Gasteiger partial charge on any atom is -0.506 e. The molecule has 0 aromatic heterocycles. The van der Waals surface area contributed by atoms with Gasteiger partial charge in [0.25, 0.3) is 0 Å². The van der Waals surface area contributed by atoms with E-state index < -0.39 is 28.3 Å². The Morgan fingerprint density at radius 2 is 1.80 bits per heavy atom. The summed E-state index contributed by atoms with van der Waals surface area (Å²) in [5.74, 6) is -2.78. The number of carboxylic acids is 1. The van der Waals surface area contributed by atoms with Crippen molar-refractivity contribution in [3.63, 3.8) is 0 Å². The topological polar surface area (TPSA) is 175 Å². The molecule has 2 aromatic rings. The third kappa shape index (κ3) is 6.72. The Balaban J connectivity index is 0.000000587. The van der Waals surface area contributed by atoms with Crippen LogP contribution in [0.25, 0.3) is 5.76 Å². The van der Waals surface area contributed by atoms with Crippen LogP contribution >= 0.6 is 10.8 Å². The summed E-state index contributed by atoms with van der Waals surface area (Å²) in [5.41, 5.74) is 1.23. The molecule has 4 rings (SSSR count). The van der Waals surface area contributed by atoms with Crippen molar-refractivity contribution < 1.29 is 42.1 Å². The summed E-state index contributed by atoms with van der Waals surface area (Å²) in [6.07, 6.45) is -3.69. The Morgan fingerprint density at radius 1 is 1.20 bits per heavy atom.